The normalized spacial score (nSPS) is 11.0. The van der Waals surface area contributed by atoms with Crippen molar-refractivity contribution in [2.24, 2.45) is 0 Å². The summed E-state index contributed by atoms with van der Waals surface area (Å²) in [5, 5.41) is 9.29. The Hall–Kier alpha value is -1.87. The van der Waals surface area contributed by atoms with Crippen molar-refractivity contribution in [1.82, 2.24) is 4.72 Å². The van der Waals surface area contributed by atoms with E-state index in [1.807, 2.05) is 6.07 Å². The van der Waals surface area contributed by atoms with Crippen LogP contribution >= 0.6 is 11.6 Å². The summed E-state index contributed by atoms with van der Waals surface area (Å²) in [4.78, 5) is 0.0589. The Labute approximate surface area is 122 Å². The molecule has 0 aliphatic heterocycles. The van der Waals surface area contributed by atoms with E-state index in [4.69, 9.17) is 16.9 Å². The van der Waals surface area contributed by atoms with Crippen molar-refractivity contribution in [2.75, 3.05) is 0 Å². The second-order valence-corrected chi connectivity index (χ2v) is 6.23. The summed E-state index contributed by atoms with van der Waals surface area (Å²) in [6.07, 6.45) is 0. The Bertz CT molecular complexity index is 767. The predicted octanol–water partition coefficient (Wildman–Crippen LogP) is 2.69. The van der Waals surface area contributed by atoms with Crippen molar-refractivity contribution in [2.45, 2.75) is 11.4 Å². The van der Waals surface area contributed by atoms with E-state index >= 15 is 0 Å². The number of rotatable bonds is 4. The fraction of sp³-hybridized carbons (Fsp3) is 0.0714. The van der Waals surface area contributed by atoms with Crippen LogP contribution in [0, 0.1) is 11.3 Å². The average Bonchev–Trinajstić information content (AvgIpc) is 2.46. The van der Waals surface area contributed by atoms with Gasteiger partial charge in [-0.3, -0.25) is 0 Å². The van der Waals surface area contributed by atoms with Crippen LogP contribution in [0.2, 0.25) is 5.02 Å². The molecule has 6 heteroatoms. The molecular weight excluding hydrogens is 296 g/mol. The first-order valence-electron chi connectivity index (χ1n) is 5.76. The summed E-state index contributed by atoms with van der Waals surface area (Å²) in [6.45, 7) is 0.0960. The standard InChI is InChI=1S/C14H11ClN2O2S/c15-14-7-2-1-5-12(14)10-17-20(18,19)13-6-3-4-11(8-13)9-16/h1-8,17H,10H2. The lowest BCUT2D eigenvalue weighted by Gasteiger charge is -2.08. The van der Waals surface area contributed by atoms with Crippen LogP contribution in [0.5, 0.6) is 0 Å². The molecule has 0 radical (unpaired) electrons. The molecule has 2 aromatic carbocycles. The Morgan fingerprint density at radius 2 is 1.90 bits per heavy atom. The minimum atomic E-state index is -3.67. The third-order valence-corrected chi connectivity index (χ3v) is 4.45. The van der Waals surface area contributed by atoms with Crippen LogP contribution in [0.3, 0.4) is 0 Å². The Balaban J connectivity index is 2.20. The number of hydrogen-bond acceptors (Lipinski definition) is 3. The minimum absolute atomic E-state index is 0.0589. The molecule has 20 heavy (non-hydrogen) atoms. The van der Waals surface area contributed by atoms with Gasteiger partial charge in [-0.05, 0) is 29.8 Å². The monoisotopic (exact) mass is 306 g/mol. The smallest absolute Gasteiger partial charge is 0.207 e. The quantitative estimate of drug-likeness (QED) is 0.944. The summed E-state index contributed by atoms with van der Waals surface area (Å²) < 4.78 is 26.7. The maximum Gasteiger partial charge on any atom is 0.240 e. The minimum Gasteiger partial charge on any atom is -0.207 e. The van der Waals surface area contributed by atoms with Crippen LogP contribution in [0.25, 0.3) is 0 Å². The van der Waals surface area contributed by atoms with Crippen molar-refractivity contribution in [3.05, 3.63) is 64.7 Å². The SMILES string of the molecule is N#Cc1cccc(S(=O)(=O)NCc2ccccc2Cl)c1. The van der Waals surface area contributed by atoms with Gasteiger partial charge >= 0.3 is 0 Å². The molecule has 0 saturated carbocycles. The van der Waals surface area contributed by atoms with E-state index in [0.717, 1.165) is 0 Å². The van der Waals surface area contributed by atoms with Crippen molar-refractivity contribution in [3.8, 4) is 6.07 Å². The second-order valence-electron chi connectivity index (χ2n) is 4.06. The van der Waals surface area contributed by atoms with Crippen LogP contribution in [-0.2, 0) is 16.6 Å². The molecule has 0 fully saturated rings. The summed E-state index contributed by atoms with van der Waals surface area (Å²) in [6, 6.07) is 14.8. The van der Waals surface area contributed by atoms with E-state index in [0.29, 0.717) is 16.1 Å². The summed E-state index contributed by atoms with van der Waals surface area (Å²) in [5.74, 6) is 0. The zero-order chi connectivity index (χ0) is 14.6. The molecule has 1 N–H and O–H groups in total. The molecule has 2 aromatic rings. The number of benzene rings is 2. The molecule has 0 saturated heterocycles. The number of sulfonamides is 1. The first-order chi connectivity index (χ1) is 9.53. The average molecular weight is 307 g/mol. The van der Waals surface area contributed by atoms with Crippen LogP contribution in [0.4, 0.5) is 0 Å². The number of nitrogens with one attached hydrogen (secondary N) is 1. The maximum absolute atomic E-state index is 12.1. The zero-order valence-electron chi connectivity index (χ0n) is 10.4. The van der Waals surface area contributed by atoms with Crippen molar-refractivity contribution < 1.29 is 8.42 Å². The van der Waals surface area contributed by atoms with Gasteiger partial charge in [-0.15, -0.1) is 0 Å². The lowest BCUT2D eigenvalue weighted by Crippen LogP contribution is -2.23. The Morgan fingerprint density at radius 1 is 1.15 bits per heavy atom. The molecule has 0 bridgehead atoms. The van der Waals surface area contributed by atoms with Crippen LogP contribution in [0.15, 0.2) is 53.4 Å². The summed E-state index contributed by atoms with van der Waals surface area (Å²) in [7, 11) is -3.67. The Morgan fingerprint density at radius 3 is 2.60 bits per heavy atom. The number of nitriles is 1. The highest BCUT2D eigenvalue weighted by molar-refractivity contribution is 7.89. The lowest BCUT2D eigenvalue weighted by molar-refractivity contribution is 0.581. The van der Waals surface area contributed by atoms with Gasteiger partial charge in [0, 0.05) is 11.6 Å². The van der Waals surface area contributed by atoms with Gasteiger partial charge in [-0.1, -0.05) is 35.9 Å². The highest BCUT2D eigenvalue weighted by atomic mass is 35.5. The van der Waals surface area contributed by atoms with Crippen molar-refractivity contribution in [1.29, 1.82) is 5.26 Å². The third kappa shape index (κ3) is 3.36. The molecule has 102 valence electrons. The topological polar surface area (TPSA) is 70.0 Å². The summed E-state index contributed by atoms with van der Waals surface area (Å²) in [5.41, 5.74) is 0.986. The molecule has 0 aliphatic rings. The van der Waals surface area contributed by atoms with E-state index < -0.39 is 10.0 Å². The molecule has 0 aromatic heterocycles. The molecule has 4 nitrogen and oxygen atoms in total. The van der Waals surface area contributed by atoms with Crippen molar-refractivity contribution in [3.63, 3.8) is 0 Å². The predicted molar refractivity (Wildman–Crippen MR) is 76.6 cm³/mol. The molecule has 0 unspecified atom stereocenters. The molecule has 0 spiro atoms. The maximum atomic E-state index is 12.1. The largest absolute Gasteiger partial charge is 0.240 e. The molecule has 0 heterocycles. The van der Waals surface area contributed by atoms with E-state index in [2.05, 4.69) is 4.72 Å². The highest BCUT2D eigenvalue weighted by Gasteiger charge is 2.14. The van der Waals surface area contributed by atoms with E-state index in [1.54, 1.807) is 30.3 Å². The number of hydrogen-bond donors (Lipinski definition) is 1. The van der Waals surface area contributed by atoms with Gasteiger partial charge in [-0.25, -0.2) is 13.1 Å². The molecule has 0 aliphatic carbocycles. The number of halogens is 1. The Kier molecular flexibility index (Phi) is 4.40. The first kappa shape index (κ1) is 14.5. The van der Waals surface area contributed by atoms with Gasteiger partial charge in [-0.2, -0.15) is 5.26 Å². The summed E-state index contributed by atoms with van der Waals surface area (Å²) >= 11 is 5.97. The van der Waals surface area contributed by atoms with Gasteiger partial charge < -0.3 is 0 Å². The van der Waals surface area contributed by atoms with Crippen molar-refractivity contribution >= 4 is 21.6 Å². The van der Waals surface area contributed by atoms with E-state index in [9.17, 15) is 8.42 Å². The third-order valence-electron chi connectivity index (χ3n) is 2.68. The first-order valence-corrected chi connectivity index (χ1v) is 7.62. The zero-order valence-corrected chi connectivity index (χ0v) is 11.9. The van der Waals surface area contributed by atoms with Gasteiger partial charge in [0.2, 0.25) is 10.0 Å². The second kappa shape index (κ2) is 6.06. The lowest BCUT2D eigenvalue weighted by atomic mass is 10.2. The molecule has 0 amide bonds. The van der Waals surface area contributed by atoms with Gasteiger partial charge in [0.15, 0.2) is 0 Å². The van der Waals surface area contributed by atoms with Gasteiger partial charge in [0.1, 0.15) is 0 Å². The molecule has 2 rings (SSSR count). The molecular formula is C14H11ClN2O2S. The van der Waals surface area contributed by atoms with E-state index in [-0.39, 0.29) is 11.4 Å². The van der Waals surface area contributed by atoms with E-state index in [1.165, 1.54) is 18.2 Å². The van der Waals surface area contributed by atoms with Gasteiger partial charge in [0.05, 0.1) is 16.5 Å². The van der Waals surface area contributed by atoms with Crippen LogP contribution in [-0.4, -0.2) is 8.42 Å². The highest BCUT2D eigenvalue weighted by Crippen LogP contribution is 2.16. The van der Waals surface area contributed by atoms with Crippen LogP contribution in [0.1, 0.15) is 11.1 Å². The van der Waals surface area contributed by atoms with Crippen LogP contribution < -0.4 is 4.72 Å². The molecule has 0 atom stereocenters. The fourth-order valence-corrected chi connectivity index (χ4v) is 2.89. The van der Waals surface area contributed by atoms with Gasteiger partial charge in [0.25, 0.3) is 0 Å². The fourth-order valence-electron chi connectivity index (χ4n) is 1.63. The number of nitrogens with zero attached hydrogens (tertiary/aromatic N) is 1.